The van der Waals surface area contributed by atoms with Crippen LogP contribution in [0, 0.1) is 19.8 Å². The molecule has 0 spiro atoms. The molecule has 0 aromatic carbocycles. The molecular weight excluding hydrogens is 260 g/mol. The molecule has 0 bridgehead atoms. The molecule has 1 N–H and O–H groups in total. The largest absolute Gasteiger partial charge is 0.496 e. The lowest BCUT2D eigenvalue weighted by atomic mass is 9.96. The van der Waals surface area contributed by atoms with Crippen molar-refractivity contribution in [1.29, 1.82) is 0 Å². The molecule has 1 atom stereocenters. The second kappa shape index (κ2) is 9.04. The van der Waals surface area contributed by atoms with E-state index < -0.39 is 0 Å². The Bertz CT molecular complexity index is 429. The van der Waals surface area contributed by atoms with Crippen LogP contribution in [0.1, 0.15) is 56.9 Å². The van der Waals surface area contributed by atoms with Crippen LogP contribution in [0.2, 0.25) is 0 Å². The van der Waals surface area contributed by atoms with Crippen molar-refractivity contribution < 1.29 is 4.74 Å². The molecule has 1 aromatic rings. The second-order valence-corrected chi connectivity index (χ2v) is 6.24. The summed E-state index contributed by atoms with van der Waals surface area (Å²) in [5, 5.41) is 3.66. The fraction of sp³-hybridized carbons (Fsp3) is 0.722. The number of aromatic nitrogens is 1. The van der Waals surface area contributed by atoms with Gasteiger partial charge in [0.25, 0.3) is 0 Å². The quantitative estimate of drug-likeness (QED) is 0.745. The van der Waals surface area contributed by atoms with E-state index in [1.54, 1.807) is 7.11 Å². The molecule has 0 fully saturated rings. The Morgan fingerprint density at radius 3 is 2.57 bits per heavy atom. The predicted octanol–water partition coefficient (Wildman–Crippen LogP) is 4.05. The molecular formula is C18H32N2O. The first-order valence-corrected chi connectivity index (χ1v) is 8.23. The first kappa shape index (κ1) is 18.0. The molecule has 3 nitrogen and oxygen atoms in total. The molecule has 0 saturated heterocycles. The van der Waals surface area contributed by atoms with E-state index in [9.17, 15) is 0 Å². The van der Waals surface area contributed by atoms with Crippen LogP contribution in [-0.4, -0.2) is 24.7 Å². The van der Waals surface area contributed by atoms with E-state index in [2.05, 4.69) is 38.0 Å². The predicted molar refractivity (Wildman–Crippen MR) is 90.1 cm³/mol. The summed E-state index contributed by atoms with van der Waals surface area (Å²) in [6, 6.07) is 0.609. The number of rotatable bonds is 9. The van der Waals surface area contributed by atoms with E-state index in [1.807, 2.05) is 13.1 Å². The van der Waals surface area contributed by atoms with Gasteiger partial charge in [0, 0.05) is 29.1 Å². The highest BCUT2D eigenvalue weighted by Crippen LogP contribution is 2.25. The van der Waals surface area contributed by atoms with Crippen molar-refractivity contribution in [3.05, 3.63) is 23.0 Å². The second-order valence-electron chi connectivity index (χ2n) is 6.24. The van der Waals surface area contributed by atoms with Gasteiger partial charge in [-0.1, -0.05) is 20.8 Å². The summed E-state index contributed by atoms with van der Waals surface area (Å²) in [5.41, 5.74) is 3.49. The molecule has 0 amide bonds. The lowest BCUT2D eigenvalue weighted by Gasteiger charge is -2.22. The first-order chi connectivity index (χ1) is 10.0. The fourth-order valence-electron chi connectivity index (χ4n) is 2.81. The Morgan fingerprint density at radius 2 is 2.00 bits per heavy atom. The number of aryl methyl sites for hydroxylation is 2. The van der Waals surface area contributed by atoms with E-state index in [0.29, 0.717) is 12.0 Å². The molecule has 1 unspecified atom stereocenters. The highest BCUT2D eigenvalue weighted by atomic mass is 16.5. The van der Waals surface area contributed by atoms with Gasteiger partial charge in [-0.25, -0.2) is 0 Å². The lowest BCUT2D eigenvalue weighted by Crippen LogP contribution is -2.34. The summed E-state index contributed by atoms with van der Waals surface area (Å²) in [6.45, 7) is 12.1. The van der Waals surface area contributed by atoms with Crippen molar-refractivity contribution in [2.24, 2.45) is 5.92 Å². The van der Waals surface area contributed by atoms with Crippen molar-refractivity contribution in [3.63, 3.8) is 0 Å². The summed E-state index contributed by atoms with van der Waals surface area (Å²) in [6.07, 6.45) is 6.52. The maximum absolute atomic E-state index is 5.48. The average molecular weight is 292 g/mol. The number of pyridine rings is 1. The molecule has 0 saturated carbocycles. The summed E-state index contributed by atoms with van der Waals surface area (Å²) in [5.74, 6) is 1.67. The van der Waals surface area contributed by atoms with Crippen LogP contribution in [0.15, 0.2) is 6.20 Å². The van der Waals surface area contributed by atoms with Gasteiger partial charge >= 0.3 is 0 Å². The van der Waals surface area contributed by atoms with Gasteiger partial charge in [0.2, 0.25) is 0 Å². The number of nitrogens with zero attached hydrogens (tertiary/aromatic N) is 1. The van der Waals surface area contributed by atoms with Crippen LogP contribution < -0.4 is 10.1 Å². The SMILES string of the molecule is CCCNC(CCCc1ncc(C)c(OC)c1C)C(C)C. The van der Waals surface area contributed by atoms with Crippen LogP contribution in [0.3, 0.4) is 0 Å². The molecule has 1 aromatic heterocycles. The molecule has 21 heavy (non-hydrogen) atoms. The van der Waals surface area contributed by atoms with Crippen molar-refractivity contribution in [2.75, 3.05) is 13.7 Å². The minimum absolute atomic E-state index is 0.609. The van der Waals surface area contributed by atoms with Gasteiger partial charge in [-0.2, -0.15) is 0 Å². The van der Waals surface area contributed by atoms with Gasteiger partial charge in [0.05, 0.1) is 7.11 Å². The Kier molecular flexibility index (Phi) is 7.73. The van der Waals surface area contributed by atoms with E-state index >= 15 is 0 Å². The molecule has 0 aliphatic heterocycles. The molecule has 0 aliphatic carbocycles. The Hall–Kier alpha value is -1.09. The maximum Gasteiger partial charge on any atom is 0.128 e. The van der Waals surface area contributed by atoms with E-state index in [4.69, 9.17) is 4.74 Å². The number of hydrogen-bond acceptors (Lipinski definition) is 3. The highest BCUT2D eigenvalue weighted by Gasteiger charge is 2.13. The van der Waals surface area contributed by atoms with Crippen LogP contribution in [0.25, 0.3) is 0 Å². The Morgan fingerprint density at radius 1 is 1.29 bits per heavy atom. The number of nitrogens with one attached hydrogen (secondary N) is 1. The van der Waals surface area contributed by atoms with Gasteiger partial charge in [-0.15, -0.1) is 0 Å². The smallest absolute Gasteiger partial charge is 0.128 e. The van der Waals surface area contributed by atoms with Crippen molar-refractivity contribution >= 4 is 0 Å². The van der Waals surface area contributed by atoms with Crippen LogP contribution in [-0.2, 0) is 6.42 Å². The zero-order chi connectivity index (χ0) is 15.8. The third-order valence-electron chi connectivity index (χ3n) is 4.14. The third kappa shape index (κ3) is 5.31. The Labute approximate surface area is 130 Å². The van der Waals surface area contributed by atoms with Crippen LogP contribution in [0.4, 0.5) is 0 Å². The van der Waals surface area contributed by atoms with Crippen LogP contribution >= 0.6 is 0 Å². The Balaban J connectivity index is 2.58. The first-order valence-electron chi connectivity index (χ1n) is 8.23. The van der Waals surface area contributed by atoms with Crippen LogP contribution in [0.5, 0.6) is 5.75 Å². The minimum atomic E-state index is 0.609. The lowest BCUT2D eigenvalue weighted by molar-refractivity contribution is 0.369. The molecule has 0 radical (unpaired) electrons. The monoisotopic (exact) mass is 292 g/mol. The molecule has 1 heterocycles. The zero-order valence-electron chi connectivity index (χ0n) is 14.6. The molecule has 120 valence electrons. The van der Waals surface area contributed by atoms with E-state index in [1.165, 1.54) is 30.5 Å². The summed E-state index contributed by atoms with van der Waals surface area (Å²) < 4.78 is 5.48. The van der Waals surface area contributed by atoms with Gasteiger partial charge in [0.1, 0.15) is 5.75 Å². The molecule has 1 rings (SSSR count). The highest BCUT2D eigenvalue weighted by molar-refractivity contribution is 5.41. The number of methoxy groups -OCH3 is 1. The third-order valence-corrected chi connectivity index (χ3v) is 4.14. The fourth-order valence-corrected chi connectivity index (χ4v) is 2.81. The maximum atomic E-state index is 5.48. The van der Waals surface area contributed by atoms with Gasteiger partial charge in [-0.05, 0) is 52.0 Å². The summed E-state index contributed by atoms with van der Waals surface area (Å²) in [4.78, 5) is 4.59. The van der Waals surface area contributed by atoms with E-state index in [-0.39, 0.29) is 0 Å². The summed E-state index contributed by atoms with van der Waals surface area (Å²) in [7, 11) is 1.74. The van der Waals surface area contributed by atoms with Crippen molar-refractivity contribution in [2.45, 2.75) is 66.3 Å². The van der Waals surface area contributed by atoms with E-state index in [0.717, 1.165) is 24.3 Å². The molecule has 0 aliphatic rings. The van der Waals surface area contributed by atoms with Crippen molar-refractivity contribution in [3.8, 4) is 5.75 Å². The topological polar surface area (TPSA) is 34.2 Å². The van der Waals surface area contributed by atoms with Gasteiger partial charge in [-0.3, -0.25) is 4.98 Å². The average Bonchev–Trinajstić information content (AvgIpc) is 2.45. The van der Waals surface area contributed by atoms with Gasteiger partial charge < -0.3 is 10.1 Å². The number of hydrogen-bond donors (Lipinski definition) is 1. The zero-order valence-corrected chi connectivity index (χ0v) is 14.6. The minimum Gasteiger partial charge on any atom is -0.496 e. The summed E-state index contributed by atoms with van der Waals surface area (Å²) >= 11 is 0. The molecule has 3 heteroatoms. The van der Waals surface area contributed by atoms with Gasteiger partial charge in [0.15, 0.2) is 0 Å². The standard InChI is InChI=1S/C18H32N2O/c1-7-11-19-16(13(2)3)9-8-10-17-15(5)18(21-6)14(4)12-20-17/h12-13,16,19H,7-11H2,1-6H3. The number of ether oxygens (including phenoxy) is 1. The van der Waals surface area contributed by atoms with Crippen molar-refractivity contribution in [1.82, 2.24) is 10.3 Å². The normalized spacial score (nSPS) is 12.7.